The Hall–Kier alpha value is -1.77. The fraction of sp³-hybridized carbons (Fsp3) is 0.471. The number of hydrogen-bond donors (Lipinski definition) is 1. The van der Waals surface area contributed by atoms with Crippen LogP contribution >= 0.6 is 0 Å². The van der Waals surface area contributed by atoms with Crippen LogP contribution in [0.3, 0.4) is 0 Å². The van der Waals surface area contributed by atoms with Crippen LogP contribution in [0.25, 0.3) is 10.8 Å². The number of nitrogens with zero attached hydrogens (tertiary/aromatic N) is 2. The Balaban J connectivity index is 1.94. The van der Waals surface area contributed by atoms with Crippen molar-refractivity contribution < 1.29 is 0 Å². The predicted octanol–water partition coefficient (Wildman–Crippen LogP) is 3.69. The molecule has 3 rings (SSSR count). The summed E-state index contributed by atoms with van der Waals surface area (Å²) in [6.07, 6.45) is 4.93. The van der Waals surface area contributed by atoms with Crippen LogP contribution in [0.5, 0.6) is 0 Å². The average Bonchev–Trinajstić information content (AvgIpc) is 2.89. The molecule has 106 valence electrons. The number of anilines is 2. The summed E-state index contributed by atoms with van der Waals surface area (Å²) in [7, 11) is 0. The molecule has 3 nitrogen and oxygen atoms in total. The van der Waals surface area contributed by atoms with E-state index >= 15 is 0 Å². The normalized spacial score (nSPS) is 19.8. The SMILES string of the molecule is CC(C)(C)C1CCN(c2ccc3cnccc3c2N)C1. The molecule has 1 unspecified atom stereocenters. The molecule has 0 spiro atoms. The van der Waals surface area contributed by atoms with Crippen LogP contribution in [0.4, 0.5) is 11.4 Å². The first-order valence-electron chi connectivity index (χ1n) is 7.34. The molecular weight excluding hydrogens is 246 g/mol. The summed E-state index contributed by atoms with van der Waals surface area (Å²) in [6, 6.07) is 6.27. The zero-order chi connectivity index (χ0) is 14.3. The highest BCUT2D eigenvalue weighted by Crippen LogP contribution is 2.39. The quantitative estimate of drug-likeness (QED) is 0.803. The Morgan fingerprint density at radius 3 is 2.75 bits per heavy atom. The lowest BCUT2D eigenvalue weighted by Crippen LogP contribution is -2.26. The van der Waals surface area contributed by atoms with E-state index in [9.17, 15) is 0 Å². The Morgan fingerprint density at radius 1 is 1.25 bits per heavy atom. The lowest BCUT2D eigenvalue weighted by molar-refractivity contribution is 0.263. The molecule has 2 N–H and O–H groups in total. The van der Waals surface area contributed by atoms with E-state index in [1.807, 2.05) is 18.5 Å². The highest BCUT2D eigenvalue weighted by atomic mass is 15.2. The van der Waals surface area contributed by atoms with Gasteiger partial charge < -0.3 is 10.6 Å². The minimum atomic E-state index is 0.365. The largest absolute Gasteiger partial charge is 0.397 e. The van der Waals surface area contributed by atoms with E-state index in [-0.39, 0.29) is 0 Å². The van der Waals surface area contributed by atoms with Crippen molar-refractivity contribution in [2.45, 2.75) is 27.2 Å². The van der Waals surface area contributed by atoms with E-state index in [0.717, 1.165) is 35.5 Å². The maximum absolute atomic E-state index is 6.38. The number of nitrogens with two attached hydrogens (primary N) is 1. The van der Waals surface area contributed by atoms with Gasteiger partial charge in [0.2, 0.25) is 0 Å². The Labute approximate surface area is 120 Å². The summed E-state index contributed by atoms with van der Waals surface area (Å²) >= 11 is 0. The molecule has 2 aromatic rings. The molecular formula is C17H23N3. The molecule has 20 heavy (non-hydrogen) atoms. The van der Waals surface area contributed by atoms with E-state index < -0.39 is 0 Å². The number of benzene rings is 1. The predicted molar refractivity (Wildman–Crippen MR) is 85.9 cm³/mol. The van der Waals surface area contributed by atoms with Crippen molar-refractivity contribution in [3.8, 4) is 0 Å². The van der Waals surface area contributed by atoms with Crippen LogP contribution < -0.4 is 10.6 Å². The Morgan fingerprint density at radius 2 is 2.05 bits per heavy atom. The van der Waals surface area contributed by atoms with Crippen molar-refractivity contribution in [2.24, 2.45) is 11.3 Å². The van der Waals surface area contributed by atoms with Crippen molar-refractivity contribution in [2.75, 3.05) is 23.7 Å². The van der Waals surface area contributed by atoms with E-state index in [1.54, 1.807) is 0 Å². The molecule has 1 atom stereocenters. The molecule has 1 fully saturated rings. The fourth-order valence-corrected chi connectivity index (χ4v) is 3.14. The summed E-state index contributed by atoms with van der Waals surface area (Å²) in [5.74, 6) is 0.732. The lowest BCUT2D eigenvalue weighted by atomic mass is 9.80. The van der Waals surface area contributed by atoms with E-state index in [2.05, 4.69) is 42.8 Å². The summed E-state index contributed by atoms with van der Waals surface area (Å²) in [5.41, 5.74) is 8.81. The molecule has 3 heteroatoms. The van der Waals surface area contributed by atoms with Crippen molar-refractivity contribution in [1.29, 1.82) is 0 Å². The molecule has 0 amide bonds. The minimum Gasteiger partial charge on any atom is -0.397 e. The number of fused-ring (bicyclic) bond motifs is 1. The summed E-state index contributed by atoms with van der Waals surface area (Å²) in [6.45, 7) is 9.19. The third-order valence-electron chi connectivity index (χ3n) is 4.59. The summed E-state index contributed by atoms with van der Waals surface area (Å²) < 4.78 is 0. The Bertz CT molecular complexity index is 628. The first kappa shape index (κ1) is 13.2. The van der Waals surface area contributed by atoms with Gasteiger partial charge >= 0.3 is 0 Å². The van der Waals surface area contributed by atoms with Gasteiger partial charge in [0.15, 0.2) is 0 Å². The highest BCUT2D eigenvalue weighted by molar-refractivity contribution is 5.98. The van der Waals surface area contributed by atoms with Crippen LogP contribution in [0, 0.1) is 11.3 Å². The number of hydrogen-bond acceptors (Lipinski definition) is 3. The van der Waals surface area contributed by atoms with Gasteiger partial charge in [-0.1, -0.05) is 26.8 Å². The molecule has 0 bridgehead atoms. The second-order valence-corrected chi connectivity index (χ2v) is 6.89. The molecule has 0 saturated carbocycles. The van der Waals surface area contributed by atoms with E-state index in [0.29, 0.717) is 5.41 Å². The number of rotatable bonds is 1. The summed E-state index contributed by atoms with van der Waals surface area (Å²) in [4.78, 5) is 6.59. The minimum absolute atomic E-state index is 0.365. The van der Waals surface area contributed by atoms with E-state index in [4.69, 9.17) is 5.73 Å². The van der Waals surface area contributed by atoms with Gasteiger partial charge in [0.05, 0.1) is 11.4 Å². The number of nitrogen functional groups attached to an aromatic ring is 1. The molecule has 0 radical (unpaired) electrons. The number of aromatic nitrogens is 1. The van der Waals surface area contributed by atoms with Gasteiger partial charge in [-0.2, -0.15) is 0 Å². The first-order valence-corrected chi connectivity index (χ1v) is 7.34. The molecule has 0 aliphatic carbocycles. The van der Waals surface area contributed by atoms with Crippen LogP contribution in [0.2, 0.25) is 0 Å². The molecule has 1 aromatic heterocycles. The van der Waals surface area contributed by atoms with Crippen LogP contribution in [-0.4, -0.2) is 18.1 Å². The van der Waals surface area contributed by atoms with Crippen molar-refractivity contribution in [3.63, 3.8) is 0 Å². The second kappa shape index (κ2) is 4.65. The zero-order valence-electron chi connectivity index (χ0n) is 12.6. The topological polar surface area (TPSA) is 42.2 Å². The molecule has 1 aliphatic heterocycles. The average molecular weight is 269 g/mol. The van der Waals surface area contributed by atoms with Crippen molar-refractivity contribution in [1.82, 2.24) is 4.98 Å². The first-order chi connectivity index (χ1) is 9.47. The molecule has 1 saturated heterocycles. The maximum atomic E-state index is 6.38. The van der Waals surface area contributed by atoms with Gasteiger partial charge in [-0.05, 0) is 29.9 Å². The van der Waals surface area contributed by atoms with Gasteiger partial charge in [0, 0.05) is 36.3 Å². The van der Waals surface area contributed by atoms with Gasteiger partial charge in [-0.15, -0.1) is 0 Å². The van der Waals surface area contributed by atoms with Crippen LogP contribution in [0.15, 0.2) is 30.6 Å². The third-order valence-corrected chi connectivity index (χ3v) is 4.59. The fourth-order valence-electron chi connectivity index (χ4n) is 3.14. The molecule has 1 aliphatic rings. The number of pyridine rings is 1. The maximum Gasteiger partial charge on any atom is 0.0632 e. The van der Waals surface area contributed by atoms with Crippen molar-refractivity contribution >= 4 is 22.1 Å². The lowest BCUT2D eigenvalue weighted by Gasteiger charge is -2.28. The van der Waals surface area contributed by atoms with Gasteiger partial charge in [0.1, 0.15) is 0 Å². The molecule has 2 heterocycles. The standard InChI is InChI=1S/C17H23N3/c1-17(2,3)13-7-9-20(11-13)15-5-4-12-10-19-8-6-14(12)16(15)18/h4-6,8,10,13H,7,9,11,18H2,1-3H3. The van der Waals surface area contributed by atoms with Crippen molar-refractivity contribution in [3.05, 3.63) is 30.6 Å². The zero-order valence-corrected chi connectivity index (χ0v) is 12.6. The monoisotopic (exact) mass is 269 g/mol. The molecule has 1 aromatic carbocycles. The third kappa shape index (κ3) is 2.21. The van der Waals surface area contributed by atoms with Gasteiger partial charge in [-0.3, -0.25) is 4.98 Å². The van der Waals surface area contributed by atoms with E-state index in [1.165, 1.54) is 12.1 Å². The van der Waals surface area contributed by atoms with Crippen LogP contribution in [-0.2, 0) is 0 Å². The van der Waals surface area contributed by atoms with Crippen LogP contribution in [0.1, 0.15) is 27.2 Å². The second-order valence-electron chi connectivity index (χ2n) is 6.89. The smallest absolute Gasteiger partial charge is 0.0632 e. The Kier molecular flexibility index (Phi) is 3.08. The highest BCUT2D eigenvalue weighted by Gasteiger charge is 2.32. The van der Waals surface area contributed by atoms with Gasteiger partial charge in [-0.25, -0.2) is 0 Å². The summed E-state index contributed by atoms with van der Waals surface area (Å²) in [5, 5.41) is 2.22. The van der Waals surface area contributed by atoms with Gasteiger partial charge in [0.25, 0.3) is 0 Å².